The fourth-order valence-electron chi connectivity index (χ4n) is 1.34. The fraction of sp³-hybridized carbons (Fsp3) is 0.182. The van der Waals surface area contributed by atoms with Crippen molar-refractivity contribution in [2.45, 2.75) is 6.61 Å². The average molecular weight is 312 g/mol. The Labute approximate surface area is 111 Å². The van der Waals surface area contributed by atoms with Crippen molar-refractivity contribution in [3.8, 4) is 5.75 Å². The highest BCUT2D eigenvalue weighted by Gasteiger charge is 2.10. The van der Waals surface area contributed by atoms with E-state index >= 15 is 0 Å². The molecular formula is C11H10BrN3O3. The van der Waals surface area contributed by atoms with E-state index < -0.39 is 5.97 Å². The number of aromatic nitrogens is 3. The molecule has 1 heterocycles. The van der Waals surface area contributed by atoms with Crippen molar-refractivity contribution in [1.82, 2.24) is 14.8 Å². The van der Waals surface area contributed by atoms with Gasteiger partial charge in [-0.1, -0.05) is 0 Å². The van der Waals surface area contributed by atoms with Gasteiger partial charge in [0.15, 0.2) is 5.82 Å². The molecule has 1 aromatic heterocycles. The number of carboxylic acid groups (broad SMARTS) is 1. The van der Waals surface area contributed by atoms with Crippen molar-refractivity contribution in [3.63, 3.8) is 0 Å². The number of nitrogens with zero attached hydrogens (tertiary/aromatic N) is 3. The Hall–Kier alpha value is -1.89. The van der Waals surface area contributed by atoms with Crippen molar-refractivity contribution in [1.29, 1.82) is 0 Å². The minimum absolute atomic E-state index is 0.158. The highest BCUT2D eigenvalue weighted by atomic mass is 79.9. The zero-order chi connectivity index (χ0) is 13.1. The molecule has 18 heavy (non-hydrogen) atoms. The fourth-order valence-corrected chi connectivity index (χ4v) is 1.76. The van der Waals surface area contributed by atoms with E-state index in [-0.39, 0.29) is 12.2 Å². The topological polar surface area (TPSA) is 77.2 Å². The lowest BCUT2D eigenvalue weighted by Gasteiger charge is -2.07. The summed E-state index contributed by atoms with van der Waals surface area (Å²) in [5, 5.41) is 16.6. The Balaban J connectivity index is 2.13. The molecule has 0 spiro atoms. The van der Waals surface area contributed by atoms with Crippen molar-refractivity contribution in [2.75, 3.05) is 0 Å². The number of aromatic carboxylic acids is 1. The van der Waals surface area contributed by atoms with E-state index in [0.29, 0.717) is 16.0 Å². The van der Waals surface area contributed by atoms with Gasteiger partial charge in [0, 0.05) is 11.5 Å². The minimum atomic E-state index is -1.01. The summed E-state index contributed by atoms with van der Waals surface area (Å²) in [6.45, 7) is 0.233. The van der Waals surface area contributed by atoms with Crippen LogP contribution in [0.1, 0.15) is 16.2 Å². The molecular weight excluding hydrogens is 302 g/mol. The standard InChI is InChI=1S/C11H10BrN3O3/c1-15-6-13-14-10(15)5-18-7-2-3-9(12)8(4-7)11(16)17/h2-4,6H,5H2,1H3,(H,16,17). The molecule has 0 aliphatic heterocycles. The molecule has 0 atom stereocenters. The quantitative estimate of drug-likeness (QED) is 0.932. The maximum absolute atomic E-state index is 10.9. The van der Waals surface area contributed by atoms with Crippen LogP contribution >= 0.6 is 15.9 Å². The molecule has 0 bridgehead atoms. The largest absolute Gasteiger partial charge is 0.486 e. The first-order chi connectivity index (χ1) is 8.58. The van der Waals surface area contributed by atoms with Crippen molar-refractivity contribution < 1.29 is 14.6 Å². The van der Waals surface area contributed by atoms with E-state index in [2.05, 4.69) is 26.1 Å². The summed E-state index contributed by atoms with van der Waals surface area (Å²) in [6.07, 6.45) is 1.57. The molecule has 0 fully saturated rings. The van der Waals surface area contributed by atoms with Crippen LogP contribution in [0.25, 0.3) is 0 Å². The molecule has 0 saturated carbocycles. The van der Waals surface area contributed by atoms with Gasteiger partial charge in [-0.25, -0.2) is 4.79 Å². The van der Waals surface area contributed by atoms with Gasteiger partial charge in [-0.3, -0.25) is 0 Å². The Morgan fingerprint density at radius 1 is 1.56 bits per heavy atom. The van der Waals surface area contributed by atoms with E-state index in [4.69, 9.17) is 9.84 Å². The number of hydrogen-bond donors (Lipinski definition) is 1. The number of carbonyl (C=O) groups is 1. The van der Waals surface area contributed by atoms with Gasteiger partial charge in [-0.2, -0.15) is 0 Å². The summed E-state index contributed by atoms with van der Waals surface area (Å²) in [7, 11) is 1.81. The Bertz CT molecular complexity index is 583. The summed E-state index contributed by atoms with van der Waals surface area (Å²) >= 11 is 3.17. The molecule has 0 unspecified atom stereocenters. The van der Waals surface area contributed by atoms with Crippen molar-refractivity contribution in [3.05, 3.63) is 40.4 Å². The van der Waals surface area contributed by atoms with Gasteiger partial charge in [0.25, 0.3) is 0 Å². The summed E-state index contributed by atoms with van der Waals surface area (Å²) in [4.78, 5) is 10.9. The maximum atomic E-state index is 10.9. The average Bonchev–Trinajstić information content (AvgIpc) is 2.73. The lowest BCUT2D eigenvalue weighted by Crippen LogP contribution is -2.04. The third-order valence-electron chi connectivity index (χ3n) is 2.34. The maximum Gasteiger partial charge on any atom is 0.336 e. The van der Waals surface area contributed by atoms with Gasteiger partial charge in [-0.15, -0.1) is 10.2 Å². The van der Waals surface area contributed by atoms with Crippen LogP contribution in [0.15, 0.2) is 29.0 Å². The normalized spacial score (nSPS) is 10.3. The lowest BCUT2D eigenvalue weighted by atomic mass is 10.2. The minimum Gasteiger partial charge on any atom is -0.486 e. The van der Waals surface area contributed by atoms with Gasteiger partial charge in [0.2, 0.25) is 0 Å². The summed E-state index contributed by atoms with van der Waals surface area (Å²) in [5.41, 5.74) is 0.158. The third kappa shape index (κ3) is 2.67. The zero-order valence-electron chi connectivity index (χ0n) is 9.50. The van der Waals surface area contributed by atoms with Gasteiger partial charge >= 0.3 is 5.97 Å². The Morgan fingerprint density at radius 2 is 2.33 bits per heavy atom. The first kappa shape index (κ1) is 12.6. The van der Waals surface area contributed by atoms with E-state index in [1.165, 1.54) is 6.07 Å². The van der Waals surface area contributed by atoms with Crippen LogP contribution in [0.4, 0.5) is 0 Å². The molecule has 0 saturated heterocycles. The zero-order valence-corrected chi connectivity index (χ0v) is 11.1. The number of rotatable bonds is 4. The first-order valence-corrected chi connectivity index (χ1v) is 5.85. The second kappa shape index (κ2) is 5.18. The van der Waals surface area contributed by atoms with E-state index in [0.717, 1.165) is 0 Å². The number of carboxylic acids is 1. The molecule has 1 N–H and O–H groups in total. The van der Waals surface area contributed by atoms with Gasteiger partial charge < -0.3 is 14.4 Å². The smallest absolute Gasteiger partial charge is 0.336 e. The molecule has 0 radical (unpaired) electrons. The molecule has 94 valence electrons. The van der Waals surface area contributed by atoms with E-state index in [1.807, 2.05) is 7.05 Å². The van der Waals surface area contributed by atoms with E-state index in [9.17, 15) is 4.79 Å². The predicted octanol–water partition coefficient (Wildman–Crippen LogP) is 1.85. The van der Waals surface area contributed by atoms with Gasteiger partial charge in [0.1, 0.15) is 18.7 Å². The molecule has 1 aromatic carbocycles. The van der Waals surface area contributed by atoms with Crippen LogP contribution in [0, 0.1) is 0 Å². The number of hydrogen-bond acceptors (Lipinski definition) is 4. The Morgan fingerprint density at radius 3 is 2.94 bits per heavy atom. The van der Waals surface area contributed by atoms with Crippen LogP contribution in [-0.2, 0) is 13.7 Å². The first-order valence-electron chi connectivity index (χ1n) is 5.06. The van der Waals surface area contributed by atoms with Crippen LogP contribution < -0.4 is 4.74 Å². The molecule has 0 amide bonds. The molecule has 0 aliphatic carbocycles. The molecule has 6 nitrogen and oxygen atoms in total. The second-order valence-corrected chi connectivity index (χ2v) is 4.45. The highest BCUT2D eigenvalue weighted by Crippen LogP contribution is 2.23. The summed E-state index contributed by atoms with van der Waals surface area (Å²) < 4.78 is 7.72. The van der Waals surface area contributed by atoms with Crippen LogP contribution in [0.2, 0.25) is 0 Å². The predicted molar refractivity (Wildman–Crippen MR) is 66.4 cm³/mol. The highest BCUT2D eigenvalue weighted by molar-refractivity contribution is 9.10. The number of aryl methyl sites for hydroxylation is 1. The van der Waals surface area contributed by atoms with Crippen LogP contribution in [0.5, 0.6) is 5.75 Å². The number of benzene rings is 1. The monoisotopic (exact) mass is 311 g/mol. The van der Waals surface area contributed by atoms with Gasteiger partial charge in [0.05, 0.1) is 5.56 Å². The Kier molecular flexibility index (Phi) is 3.61. The number of ether oxygens (including phenoxy) is 1. The van der Waals surface area contributed by atoms with Crippen LogP contribution in [0.3, 0.4) is 0 Å². The molecule has 7 heteroatoms. The lowest BCUT2D eigenvalue weighted by molar-refractivity contribution is 0.0695. The van der Waals surface area contributed by atoms with Crippen LogP contribution in [-0.4, -0.2) is 25.8 Å². The molecule has 2 aromatic rings. The second-order valence-electron chi connectivity index (χ2n) is 3.59. The summed E-state index contributed by atoms with van der Waals surface area (Å²) in [5.74, 6) is 0.124. The van der Waals surface area contributed by atoms with Crippen molar-refractivity contribution >= 4 is 21.9 Å². The number of halogens is 1. The SMILES string of the molecule is Cn1cnnc1COc1ccc(Br)c(C(=O)O)c1. The van der Waals surface area contributed by atoms with E-state index in [1.54, 1.807) is 23.0 Å². The van der Waals surface area contributed by atoms with Gasteiger partial charge in [-0.05, 0) is 34.1 Å². The van der Waals surface area contributed by atoms with Crippen molar-refractivity contribution in [2.24, 2.45) is 7.05 Å². The molecule has 0 aliphatic rings. The molecule has 2 rings (SSSR count). The summed E-state index contributed by atoms with van der Waals surface area (Å²) in [6, 6.07) is 4.78. The third-order valence-corrected chi connectivity index (χ3v) is 3.03.